The number of halogens is 2. The molecule has 1 amide bonds. The van der Waals surface area contributed by atoms with Gasteiger partial charge >= 0.3 is 0 Å². The molecule has 33 heavy (non-hydrogen) atoms. The fourth-order valence-corrected chi connectivity index (χ4v) is 3.65. The van der Waals surface area contributed by atoms with Crippen molar-refractivity contribution in [2.75, 3.05) is 43.5 Å². The normalized spacial score (nSPS) is 13.9. The van der Waals surface area contributed by atoms with Crippen LogP contribution >= 0.6 is 11.6 Å². The Balaban J connectivity index is 1.38. The zero-order valence-electron chi connectivity index (χ0n) is 17.9. The van der Waals surface area contributed by atoms with Gasteiger partial charge in [0.15, 0.2) is 0 Å². The lowest BCUT2D eigenvalue weighted by Crippen LogP contribution is -2.36. The second kappa shape index (κ2) is 11.1. The second-order valence-electron chi connectivity index (χ2n) is 7.52. The Labute approximate surface area is 196 Å². The van der Waals surface area contributed by atoms with Gasteiger partial charge in [-0.3, -0.25) is 9.69 Å². The highest BCUT2D eigenvalue weighted by molar-refractivity contribution is 6.31. The molecule has 0 bridgehead atoms. The molecular formula is C24H23ClFN5O2. The van der Waals surface area contributed by atoms with Gasteiger partial charge < -0.3 is 15.4 Å². The highest BCUT2D eigenvalue weighted by Crippen LogP contribution is 2.27. The maximum atomic E-state index is 13.4. The van der Waals surface area contributed by atoms with Gasteiger partial charge in [0.05, 0.1) is 23.8 Å². The summed E-state index contributed by atoms with van der Waals surface area (Å²) in [6, 6.07) is 9.62. The summed E-state index contributed by atoms with van der Waals surface area (Å²) in [5, 5.41) is 6.60. The van der Waals surface area contributed by atoms with Crippen LogP contribution in [0.2, 0.25) is 5.02 Å². The molecule has 7 nitrogen and oxygen atoms in total. The van der Waals surface area contributed by atoms with Gasteiger partial charge in [-0.15, -0.1) is 0 Å². The number of aromatic nitrogens is 2. The minimum atomic E-state index is -0.498. The van der Waals surface area contributed by atoms with E-state index in [-0.39, 0.29) is 10.9 Å². The molecule has 0 atom stereocenters. The van der Waals surface area contributed by atoms with Crippen LogP contribution in [0.15, 0.2) is 42.7 Å². The number of anilines is 3. The van der Waals surface area contributed by atoms with Gasteiger partial charge in [-0.05, 0) is 55.3 Å². The molecule has 3 aromatic rings. The number of carbonyl (C=O) groups excluding carboxylic acids is 1. The number of nitrogens with one attached hydrogen (secondary N) is 2. The van der Waals surface area contributed by atoms with E-state index in [4.69, 9.17) is 16.3 Å². The standard InChI is InChI=1S/C24H23ClFN5O2/c25-20-15-18(5-7-21(20)26)30-24-19-14-17(6-8-22(19)27-16-28-24)29-23(32)4-2-1-3-9-31-10-12-33-13-11-31/h5-8,14-16H,1,3,9-13H2,(H,29,32)(H,27,28,30). The number of carbonyl (C=O) groups is 1. The summed E-state index contributed by atoms with van der Waals surface area (Å²) < 4.78 is 18.8. The van der Waals surface area contributed by atoms with E-state index in [9.17, 15) is 9.18 Å². The number of rotatable bonds is 6. The first-order valence-corrected chi connectivity index (χ1v) is 11.0. The van der Waals surface area contributed by atoms with Crippen molar-refractivity contribution in [2.24, 2.45) is 0 Å². The first-order valence-electron chi connectivity index (χ1n) is 10.7. The molecule has 0 unspecified atom stereocenters. The van der Waals surface area contributed by atoms with Gasteiger partial charge in [0.2, 0.25) is 0 Å². The summed E-state index contributed by atoms with van der Waals surface area (Å²) in [5.74, 6) is 5.21. The first kappa shape index (κ1) is 22.9. The monoisotopic (exact) mass is 467 g/mol. The van der Waals surface area contributed by atoms with Gasteiger partial charge in [0.1, 0.15) is 18.0 Å². The summed E-state index contributed by atoms with van der Waals surface area (Å²) in [6.07, 6.45) is 3.00. The summed E-state index contributed by atoms with van der Waals surface area (Å²) in [6.45, 7) is 4.41. The molecule has 2 aromatic carbocycles. The zero-order chi connectivity index (χ0) is 23.0. The maximum Gasteiger partial charge on any atom is 0.300 e. The molecule has 1 aliphatic heterocycles. The Morgan fingerprint density at radius 3 is 2.79 bits per heavy atom. The van der Waals surface area contributed by atoms with Crippen molar-refractivity contribution in [3.8, 4) is 11.8 Å². The third-order valence-corrected chi connectivity index (χ3v) is 5.45. The maximum absolute atomic E-state index is 13.4. The van der Waals surface area contributed by atoms with Crippen molar-refractivity contribution in [2.45, 2.75) is 12.8 Å². The number of nitrogens with zero attached hydrogens (tertiary/aromatic N) is 3. The molecule has 9 heteroatoms. The molecule has 2 heterocycles. The Morgan fingerprint density at radius 2 is 1.97 bits per heavy atom. The second-order valence-corrected chi connectivity index (χ2v) is 7.93. The Morgan fingerprint density at radius 1 is 1.15 bits per heavy atom. The van der Waals surface area contributed by atoms with E-state index in [1.807, 2.05) is 0 Å². The fourth-order valence-electron chi connectivity index (χ4n) is 3.47. The van der Waals surface area contributed by atoms with E-state index in [2.05, 4.69) is 37.3 Å². The van der Waals surface area contributed by atoms with Crippen LogP contribution in [0, 0.1) is 17.7 Å². The van der Waals surface area contributed by atoms with Crippen LogP contribution in [-0.2, 0) is 9.53 Å². The van der Waals surface area contributed by atoms with E-state index in [0.717, 1.165) is 39.3 Å². The average molecular weight is 468 g/mol. The van der Waals surface area contributed by atoms with Gasteiger partial charge in [0, 0.05) is 36.3 Å². The molecule has 1 aromatic heterocycles. The van der Waals surface area contributed by atoms with Crippen LogP contribution in [0.1, 0.15) is 12.8 Å². The lowest BCUT2D eigenvalue weighted by Gasteiger charge is -2.26. The summed E-state index contributed by atoms with van der Waals surface area (Å²) in [5.41, 5.74) is 1.84. The molecule has 1 fully saturated rings. The highest BCUT2D eigenvalue weighted by atomic mass is 35.5. The van der Waals surface area contributed by atoms with Crippen LogP contribution in [0.3, 0.4) is 0 Å². The molecule has 1 aliphatic rings. The predicted octanol–water partition coefficient (Wildman–Crippen LogP) is 4.22. The van der Waals surface area contributed by atoms with Crippen LogP contribution < -0.4 is 10.6 Å². The number of benzene rings is 2. The molecule has 0 aliphatic carbocycles. The van der Waals surface area contributed by atoms with Gasteiger partial charge in [-0.25, -0.2) is 14.4 Å². The third-order valence-electron chi connectivity index (χ3n) is 5.16. The van der Waals surface area contributed by atoms with Gasteiger partial charge in [0.25, 0.3) is 5.91 Å². The topological polar surface area (TPSA) is 79.4 Å². The van der Waals surface area contributed by atoms with Crippen molar-refractivity contribution in [1.29, 1.82) is 0 Å². The van der Waals surface area contributed by atoms with Crippen molar-refractivity contribution in [3.05, 3.63) is 53.6 Å². The number of ether oxygens (including phenoxy) is 1. The largest absolute Gasteiger partial charge is 0.379 e. The van der Waals surface area contributed by atoms with Crippen LogP contribution in [0.4, 0.5) is 21.6 Å². The van der Waals surface area contributed by atoms with E-state index < -0.39 is 5.82 Å². The third kappa shape index (κ3) is 6.39. The van der Waals surface area contributed by atoms with E-state index >= 15 is 0 Å². The number of fused-ring (bicyclic) bond motifs is 1. The highest BCUT2D eigenvalue weighted by Gasteiger charge is 2.10. The number of hydrogen-bond acceptors (Lipinski definition) is 6. The predicted molar refractivity (Wildman–Crippen MR) is 127 cm³/mol. The molecule has 0 radical (unpaired) electrons. The van der Waals surface area contributed by atoms with Crippen molar-refractivity contribution < 1.29 is 13.9 Å². The van der Waals surface area contributed by atoms with Crippen molar-refractivity contribution in [1.82, 2.24) is 14.9 Å². The SMILES string of the molecule is O=C(C#CCCCN1CCOCC1)Nc1ccc2ncnc(Nc3ccc(F)c(Cl)c3)c2c1. The molecule has 0 saturated carbocycles. The van der Waals surface area contributed by atoms with Gasteiger partial charge in [-0.1, -0.05) is 17.5 Å². The molecule has 1 saturated heterocycles. The Hall–Kier alpha value is -3.25. The quantitative estimate of drug-likeness (QED) is 0.417. The Bertz CT molecular complexity index is 1200. The molecule has 170 valence electrons. The van der Waals surface area contributed by atoms with E-state index in [1.54, 1.807) is 24.3 Å². The smallest absolute Gasteiger partial charge is 0.300 e. The fraction of sp³-hybridized carbons (Fsp3) is 0.292. The lowest BCUT2D eigenvalue weighted by atomic mass is 10.2. The lowest BCUT2D eigenvalue weighted by molar-refractivity contribution is -0.111. The first-order chi connectivity index (χ1) is 16.1. The summed E-state index contributed by atoms with van der Waals surface area (Å²) in [7, 11) is 0. The van der Waals surface area contributed by atoms with Gasteiger partial charge in [-0.2, -0.15) is 0 Å². The van der Waals surface area contributed by atoms with E-state index in [0.29, 0.717) is 34.5 Å². The van der Waals surface area contributed by atoms with Crippen LogP contribution in [0.5, 0.6) is 0 Å². The number of hydrogen-bond donors (Lipinski definition) is 2. The minimum Gasteiger partial charge on any atom is -0.379 e. The van der Waals surface area contributed by atoms with Crippen molar-refractivity contribution >= 4 is 45.6 Å². The number of morpholine rings is 1. The average Bonchev–Trinajstić information content (AvgIpc) is 2.82. The zero-order valence-corrected chi connectivity index (χ0v) is 18.7. The van der Waals surface area contributed by atoms with Crippen LogP contribution in [0.25, 0.3) is 10.9 Å². The van der Waals surface area contributed by atoms with Crippen molar-refractivity contribution in [3.63, 3.8) is 0 Å². The van der Waals surface area contributed by atoms with E-state index in [1.165, 1.54) is 18.5 Å². The number of amides is 1. The molecule has 2 N–H and O–H groups in total. The summed E-state index contributed by atoms with van der Waals surface area (Å²) in [4.78, 5) is 23.1. The Kier molecular flexibility index (Phi) is 7.68. The number of unbranched alkanes of at least 4 members (excludes halogenated alkanes) is 1. The molecular weight excluding hydrogens is 445 g/mol. The summed E-state index contributed by atoms with van der Waals surface area (Å²) >= 11 is 5.87. The van der Waals surface area contributed by atoms with Crippen LogP contribution in [-0.4, -0.2) is 53.6 Å². The molecule has 0 spiro atoms. The molecule has 4 rings (SSSR count). The minimum absolute atomic E-state index is 0.00911.